The average molecular weight is 475 g/mol. The molecule has 3 aromatic rings. The van der Waals surface area contributed by atoms with E-state index in [0.717, 1.165) is 25.4 Å². The van der Waals surface area contributed by atoms with Crippen LogP contribution in [0.3, 0.4) is 0 Å². The van der Waals surface area contributed by atoms with Gasteiger partial charge in [-0.2, -0.15) is 0 Å². The summed E-state index contributed by atoms with van der Waals surface area (Å²) in [5.74, 6) is 1.92. The SMILES string of the molecule is COc1cccc(N(C)C(=O)c2cnc(N3CCC4CCCCC4C3)nc2-c2ccccc2F)c1. The number of rotatable bonds is 5. The second-order valence-electron chi connectivity index (χ2n) is 9.52. The van der Waals surface area contributed by atoms with Gasteiger partial charge in [-0.25, -0.2) is 14.4 Å². The molecule has 1 saturated carbocycles. The number of benzene rings is 2. The van der Waals surface area contributed by atoms with Crippen LogP contribution in [0.15, 0.2) is 54.7 Å². The molecule has 6 nitrogen and oxygen atoms in total. The molecular formula is C28H31FN4O2. The van der Waals surface area contributed by atoms with Gasteiger partial charge >= 0.3 is 0 Å². The van der Waals surface area contributed by atoms with Crippen LogP contribution in [0.25, 0.3) is 11.3 Å². The van der Waals surface area contributed by atoms with Crippen molar-refractivity contribution in [3.63, 3.8) is 0 Å². The molecule has 35 heavy (non-hydrogen) atoms. The maximum Gasteiger partial charge on any atom is 0.261 e. The molecule has 5 rings (SSSR count). The monoisotopic (exact) mass is 474 g/mol. The van der Waals surface area contributed by atoms with Crippen LogP contribution in [-0.2, 0) is 0 Å². The van der Waals surface area contributed by atoms with Gasteiger partial charge in [0.05, 0.1) is 18.4 Å². The van der Waals surface area contributed by atoms with Crippen molar-refractivity contribution in [1.82, 2.24) is 9.97 Å². The zero-order chi connectivity index (χ0) is 24.4. The Hall–Kier alpha value is -3.48. The molecular weight excluding hydrogens is 443 g/mol. The smallest absolute Gasteiger partial charge is 0.261 e. The topological polar surface area (TPSA) is 58.6 Å². The molecule has 2 unspecified atom stereocenters. The maximum atomic E-state index is 14.9. The molecule has 1 amide bonds. The predicted molar refractivity (Wildman–Crippen MR) is 135 cm³/mol. The number of hydrogen-bond donors (Lipinski definition) is 0. The fourth-order valence-electron chi connectivity index (χ4n) is 5.44. The van der Waals surface area contributed by atoms with Crippen molar-refractivity contribution in [3.8, 4) is 17.0 Å². The van der Waals surface area contributed by atoms with Crippen LogP contribution >= 0.6 is 0 Å². The minimum atomic E-state index is -0.416. The number of piperidine rings is 1. The number of fused-ring (bicyclic) bond motifs is 1. The largest absolute Gasteiger partial charge is 0.497 e. The second-order valence-corrected chi connectivity index (χ2v) is 9.52. The second kappa shape index (κ2) is 10.0. The third kappa shape index (κ3) is 4.72. The molecule has 1 saturated heterocycles. The van der Waals surface area contributed by atoms with Crippen molar-refractivity contribution < 1.29 is 13.9 Å². The molecule has 2 aromatic carbocycles. The first-order valence-electron chi connectivity index (χ1n) is 12.3. The summed E-state index contributed by atoms with van der Waals surface area (Å²) in [6.07, 6.45) is 7.83. The lowest BCUT2D eigenvalue weighted by molar-refractivity contribution is 0.0993. The summed E-state index contributed by atoms with van der Waals surface area (Å²) in [5, 5.41) is 0. The van der Waals surface area contributed by atoms with Crippen molar-refractivity contribution in [3.05, 3.63) is 66.1 Å². The molecule has 182 valence electrons. The standard InChI is InChI=1S/C28H31FN4O2/c1-32(21-10-7-11-22(16-21)35-2)27(34)24-17-30-28(31-26(24)23-12-5-6-13-25(23)29)33-15-14-19-8-3-4-9-20(19)18-33/h5-7,10-13,16-17,19-20H,3-4,8-9,14-15,18H2,1-2H3. The van der Waals surface area contributed by atoms with E-state index in [-0.39, 0.29) is 11.5 Å². The third-order valence-electron chi connectivity index (χ3n) is 7.45. The van der Waals surface area contributed by atoms with Gasteiger partial charge in [-0.1, -0.05) is 37.5 Å². The van der Waals surface area contributed by atoms with Crippen LogP contribution in [-0.4, -0.2) is 43.1 Å². The first kappa shape index (κ1) is 23.3. The fraction of sp³-hybridized carbons (Fsp3) is 0.393. The molecule has 0 radical (unpaired) electrons. The molecule has 2 atom stereocenters. The van der Waals surface area contributed by atoms with E-state index in [4.69, 9.17) is 9.72 Å². The number of nitrogens with zero attached hydrogens (tertiary/aromatic N) is 4. The number of halogens is 1. The normalized spacial score (nSPS) is 19.7. The van der Waals surface area contributed by atoms with Crippen molar-refractivity contribution >= 4 is 17.5 Å². The number of amides is 1. The molecule has 0 bridgehead atoms. The molecule has 2 aliphatic rings. The van der Waals surface area contributed by atoms with Gasteiger partial charge in [-0.05, 0) is 48.9 Å². The Morgan fingerprint density at radius 1 is 1.09 bits per heavy atom. The lowest BCUT2D eigenvalue weighted by atomic mass is 9.75. The summed E-state index contributed by atoms with van der Waals surface area (Å²) < 4.78 is 20.2. The molecule has 0 N–H and O–H groups in total. The molecule has 1 aromatic heterocycles. The summed E-state index contributed by atoms with van der Waals surface area (Å²) in [5.41, 5.74) is 1.54. The highest BCUT2D eigenvalue weighted by Gasteiger charge is 2.33. The van der Waals surface area contributed by atoms with Gasteiger partial charge in [-0.15, -0.1) is 0 Å². The number of methoxy groups -OCH3 is 1. The Labute approximate surface area is 205 Å². The van der Waals surface area contributed by atoms with Crippen molar-refractivity contribution in [1.29, 1.82) is 0 Å². The van der Waals surface area contributed by atoms with E-state index in [0.29, 0.717) is 34.6 Å². The number of carbonyl (C=O) groups is 1. The van der Waals surface area contributed by atoms with E-state index in [1.807, 2.05) is 18.2 Å². The van der Waals surface area contributed by atoms with Crippen LogP contribution in [0, 0.1) is 17.7 Å². The molecule has 1 aliphatic carbocycles. The Morgan fingerprint density at radius 3 is 2.69 bits per heavy atom. The molecule has 7 heteroatoms. The number of carbonyl (C=O) groups excluding carboxylic acids is 1. The van der Waals surface area contributed by atoms with Gasteiger partial charge in [-0.3, -0.25) is 4.79 Å². The average Bonchev–Trinajstić information content (AvgIpc) is 2.92. The molecule has 2 fully saturated rings. The first-order valence-corrected chi connectivity index (χ1v) is 12.3. The third-order valence-corrected chi connectivity index (χ3v) is 7.45. The Morgan fingerprint density at radius 2 is 1.89 bits per heavy atom. The van der Waals surface area contributed by atoms with Crippen LogP contribution in [0.4, 0.5) is 16.0 Å². The summed E-state index contributed by atoms with van der Waals surface area (Å²) in [6.45, 7) is 1.80. The quantitative estimate of drug-likeness (QED) is 0.483. The fourth-order valence-corrected chi connectivity index (χ4v) is 5.44. The Kier molecular flexibility index (Phi) is 6.66. The number of ether oxygens (including phenoxy) is 1. The lowest BCUT2D eigenvalue weighted by Crippen LogP contribution is -2.42. The molecule has 1 aliphatic heterocycles. The summed E-state index contributed by atoms with van der Waals surface area (Å²) >= 11 is 0. The van der Waals surface area contributed by atoms with Gasteiger partial charge in [0.15, 0.2) is 0 Å². The number of aromatic nitrogens is 2. The van der Waals surface area contributed by atoms with Crippen LogP contribution < -0.4 is 14.5 Å². The van der Waals surface area contributed by atoms with E-state index in [2.05, 4.69) is 9.88 Å². The van der Waals surface area contributed by atoms with E-state index in [9.17, 15) is 9.18 Å². The molecule has 2 heterocycles. The summed E-state index contributed by atoms with van der Waals surface area (Å²) in [6, 6.07) is 13.7. The van der Waals surface area contributed by atoms with Gasteiger partial charge < -0.3 is 14.5 Å². The van der Waals surface area contributed by atoms with Crippen molar-refractivity contribution in [2.75, 3.05) is 37.0 Å². The molecule has 0 spiro atoms. The van der Waals surface area contributed by atoms with E-state index < -0.39 is 5.82 Å². The Balaban J connectivity index is 1.51. The van der Waals surface area contributed by atoms with Crippen LogP contribution in [0.1, 0.15) is 42.5 Å². The number of hydrogen-bond acceptors (Lipinski definition) is 5. The summed E-state index contributed by atoms with van der Waals surface area (Å²) in [4.78, 5) is 26.7. The van der Waals surface area contributed by atoms with Crippen molar-refractivity contribution in [2.45, 2.75) is 32.1 Å². The number of anilines is 2. The highest BCUT2D eigenvalue weighted by atomic mass is 19.1. The van der Waals surface area contributed by atoms with Gasteiger partial charge in [0.2, 0.25) is 5.95 Å². The van der Waals surface area contributed by atoms with Crippen LogP contribution in [0.2, 0.25) is 0 Å². The summed E-state index contributed by atoms with van der Waals surface area (Å²) in [7, 11) is 3.27. The van der Waals surface area contributed by atoms with E-state index in [1.54, 1.807) is 44.6 Å². The Bertz CT molecular complexity index is 1220. The first-order chi connectivity index (χ1) is 17.0. The highest BCUT2D eigenvalue weighted by molar-refractivity contribution is 6.09. The lowest BCUT2D eigenvalue weighted by Gasteiger charge is -2.41. The minimum absolute atomic E-state index is 0.261. The predicted octanol–water partition coefficient (Wildman–Crippen LogP) is 5.58. The minimum Gasteiger partial charge on any atom is -0.497 e. The van der Waals surface area contributed by atoms with E-state index >= 15 is 0 Å². The van der Waals surface area contributed by atoms with Gasteiger partial charge in [0.25, 0.3) is 5.91 Å². The van der Waals surface area contributed by atoms with Gasteiger partial charge in [0.1, 0.15) is 11.6 Å². The maximum absolute atomic E-state index is 14.9. The van der Waals surface area contributed by atoms with Crippen LogP contribution in [0.5, 0.6) is 5.75 Å². The van der Waals surface area contributed by atoms with Gasteiger partial charge in [0, 0.05) is 43.7 Å². The van der Waals surface area contributed by atoms with Crippen molar-refractivity contribution in [2.24, 2.45) is 11.8 Å². The zero-order valence-corrected chi connectivity index (χ0v) is 20.3. The van der Waals surface area contributed by atoms with E-state index in [1.165, 1.54) is 36.6 Å². The highest BCUT2D eigenvalue weighted by Crippen LogP contribution is 2.37. The zero-order valence-electron chi connectivity index (χ0n) is 20.3.